The van der Waals surface area contributed by atoms with Crippen LogP contribution < -0.4 is 24.8 Å². The molecule has 1 aliphatic rings. The normalized spacial score (nSPS) is 12.8. The van der Waals surface area contributed by atoms with Gasteiger partial charge in [0.25, 0.3) is 0 Å². The standard InChI is InChI=1S/C7H12Si.2ClH.Ti/c1-8(2)7-5-3-4-6-7;;;/h3-5,8H,6H2,1-2H3;2*1H;/q;;;+2/p-2. The first-order chi connectivity index (χ1) is 3.80. The molecular formula is C7H12Cl2SiTi. The minimum absolute atomic E-state index is 0. The Kier molecular flexibility index (Phi) is 14.8. The molecule has 0 atom stereocenters. The van der Waals surface area contributed by atoms with Crippen LogP contribution in [0.5, 0.6) is 0 Å². The molecule has 1 aliphatic carbocycles. The Balaban J connectivity index is -0.000000213. The van der Waals surface area contributed by atoms with Crippen LogP contribution in [-0.2, 0) is 21.7 Å². The molecule has 1 rings (SSSR count). The molecule has 62 valence electrons. The number of hydrogen-bond donors (Lipinski definition) is 0. The van der Waals surface area contributed by atoms with Gasteiger partial charge in [0, 0.05) is 0 Å². The molecule has 4 heteroatoms. The first-order valence-electron chi connectivity index (χ1n) is 3.16. The molecular weight excluding hydrogens is 231 g/mol. The van der Waals surface area contributed by atoms with E-state index in [1.54, 1.807) is 5.20 Å². The summed E-state index contributed by atoms with van der Waals surface area (Å²) in [5.41, 5.74) is 0. The van der Waals surface area contributed by atoms with Crippen molar-refractivity contribution in [1.29, 1.82) is 0 Å². The van der Waals surface area contributed by atoms with Crippen molar-refractivity contribution in [3.8, 4) is 0 Å². The van der Waals surface area contributed by atoms with Gasteiger partial charge in [-0.3, -0.25) is 0 Å². The van der Waals surface area contributed by atoms with Gasteiger partial charge in [-0.1, -0.05) is 36.5 Å². The molecule has 0 spiro atoms. The first-order valence-corrected chi connectivity index (χ1v) is 6.05. The van der Waals surface area contributed by atoms with Crippen LogP contribution in [0.1, 0.15) is 6.42 Å². The minimum atomic E-state index is -0.424. The minimum Gasteiger partial charge on any atom is -1.00 e. The van der Waals surface area contributed by atoms with Gasteiger partial charge in [-0.05, 0) is 6.42 Å². The Morgan fingerprint density at radius 3 is 2.00 bits per heavy atom. The summed E-state index contributed by atoms with van der Waals surface area (Å²) in [6, 6.07) is 0. The predicted octanol–water partition coefficient (Wildman–Crippen LogP) is -4.10. The van der Waals surface area contributed by atoms with Crippen LogP contribution in [0, 0.1) is 0 Å². The van der Waals surface area contributed by atoms with Gasteiger partial charge in [-0.15, -0.1) is 0 Å². The first kappa shape index (κ1) is 17.9. The number of allylic oxidation sites excluding steroid dienone is 4. The second kappa shape index (κ2) is 9.08. The van der Waals surface area contributed by atoms with Crippen molar-refractivity contribution < 1.29 is 46.5 Å². The molecule has 0 fully saturated rings. The Morgan fingerprint density at radius 1 is 1.27 bits per heavy atom. The zero-order chi connectivity index (χ0) is 5.98. The number of hydrogen-bond acceptors (Lipinski definition) is 0. The summed E-state index contributed by atoms with van der Waals surface area (Å²) in [5.74, 6) is 0. The fourth-order valence-electron chi connectivity index (χ4n) is 0.892. The van der Waals surface area contributed by atoms with Crippen LogP contribution >= 0.6 is 0 Å². The largest absolute Gasteiger partial charge is 2.00 e. The molecule has 0 aliphatic heterocycles. The third kappa shape index (κ3) is 6.18. The Labute approximate surface area is 97.8 Å². The third-order valence-electron chi connectivity index (χ3n) is 1.54. The second-order valence-electron chi connectivity index (χ2n) is 2.53. The molecule has 0 amide bonds. The average molecular weight is 243 g/mol. The summed E-state index contributed by atoms with van der Waals surface area (Å²) in [7, 11) is -0.424. The molecule has 0 radical (unpaired) electrons. The summed E-state index contributed by atoms with van der Waals surface area (Å²) >= 11 is 0. The molecule has 0 saturated carbocycles. The van der Waals surface area contributed by atoms with Gasteiger partial charge in [-0.2, -0.15) is 0 Å². The van der Waals surface area contributed by atoms with Gasteiger partial charge in [-0.25, -0.2) is 0 Å². The van der Waals surface area contributed by atoms with E-state index in [0.717, 1.165) is 0 Å². The maximum Gasteiger partial charge on any atom is 2.00 e. The van der Waals surface area contributed by atoms with Crippen LogP contribution in [-0.4, -0.2) is 8.80 Å². The summed E-state index contributed by atoms with van der Waals surface area (Å²) < 4.78 is 0. The van der Waals surface area contributed by atoms with Gasteiger partial charge in [0.05, 0.1) is 8.80 Å². The van der Waals surface area contributed by atoms with Gasteiger partial charge in [0.1, 0.15) is 0 Å². The van der Waals surface area contributed by atoms with E-state index in [4.69, 9.17) is 0 Å². The Hall–Kier alpha value is 0.991. The Morgan fingerprint density at radius 2 is 1.82 bits per heavy atom. The van der Waals surface area contributed by atoms with Crippen molar-refractivity contribution in [1.82, 2.24) is 0 Å². The molecule has 0 bridgehead atoms. The van der Waals surface area contributed by atoms with E-state index in [0.29, 0.717) is 0 Å². The van der Waals surface area contributed by atoms with E-state index < -0.39 is 8.80 Å². The third-order valence-corrected chi connectivity index (χ3v) is 3.45. The van der Waals surface area contributed by atoms with E-state index in [9.17, 15) is 0 Å². The van der Waals surface area contributed by atoms with E-state index >= 15 is 0 Å². The summed E-state index contributed by atoms with van der Waals surface area (Å²) in [4.78, 5) is 0. The van der Waals surface area contributed by atoms with Crippen molar-refractivity contribution >= 4 is 8.80 Å². The van der Waals surface area contributed by atoms with Crippen LogP contribution in [0.2, 0.25) is 13.1 Å². The molecule has 0 heterocycles. The molecule has 0 N–H and O–H groups in total. The quantitative estimate of drug-likeness (QED) is 0.411. The van der Waals surface area contributed by atoms with Gasteiger partial charge >= 0.3 is 21.7 Å². The smallest absolute Gasteiger partial charge is 1.00 e. The summed E-state index contributed by atoms with van der Waals surface area (Å²) in [6.07, 6.45) is 7.92. The van der Waals surface area contributed by atoms with Gasteiger partial charge < -0.3 is 24.8 Å². The molecule has 0 saturated heterocycles. The zero-order valence-corrected chi connectivity index (χ0v) is 11.0. The molecule has 0 aromatic heterocycles. The van der Waals surface area contributed by atoms with E-state index in [-0.39, 0.29) is 46.5 Å². The van der Waals surface area contributed by atoms with Crippen LogP contribution in [0.25, 0.3) is 0 Å². The maximum atomic E-state index is 2.37. The SMILES string of the molecule is C[SiH](C)C1=CC=CC1.[Cl-].[Cl-].[Ti+2]. The fourth-order valence-corrected chi connectivity index (χ4v) is 2.00. The molecule has 0 aromatic rings. The zero-order valence-electron chi connectivity index (χ0n) is 6.77. The number of rotatable bonds is 1. The van der Waals surface area contributed by atoms with Crippen LogP contribution in [0.3, 0.4) is 0 Å². The number of halogens is 2. The fraction of sp³-hybridized carbons (Fsp3) is 0.429. The van der Waals surface area contributed by atoms with Crippen molar-refractivity contribution in [2.75, 3.05) is 0 Å². The van der Waals surface area contributed by atoms with Crippen molar-refractivity contribution in [2.24, 2.45) is 0 Å². The predicted molar refractivity (Wildman–Crippen MR) is 40.7 cm³/mol. The van der Waals surface area contributed by atoms with Crippen molar-refractivity contribution in [3.05, 3.63) is 23.4 Å². The van der Waals surface area contributed by atoms with E-state index in [1.165, 1.54) is 6.42 Å². The average Bonchev–Trinajstić information content (AvgIpc) is 2.12. The summed E-state index contributed by atoms with van der Waals surface area (Å²) in [6.45, 7) is 4.75. The topological polar surface area (TPSA) is 0 Å². The van der Waals surface area contributed by atoms with Gasteiger partial charge in [0.15, 0.2) is 0 Å². The van der Waals surface area contributed by atoms with E-state index in [1.807, 2.05) is 0 Å². The molecule has 0 aromatic carbocycles. The van der Waals surface area contributed by atoms with E-state index in [2.05, 4.69) is 31.3 Å². The van der Waals surface area contributed by atoms with Crippen LogP contribution in [0.15, 0.2) is 23.4 Å². The summed E-state index contributed by atoms with van der Waals surface area (Å²) in [5, 5.41) is 1.70. The molecule has 0 unspecified atom stereocenters. The van der Waals surface area contributed by atoms with Gasteiger partial charge in [0.2, 0.25) is 0 Å². The monoisotopic (exact) mass is 242 g/mol. The molecule has 0 nitrogen and oxygen atoms in total. The van der Waals surface area contributed by atoms with Crippen LogP contribution in [0.4, 0.5) is 0 Å². The second-order valence-corrected chi connectivity index (χ2v) is 5.58. The maximum absolute atomic E-state index is 2.37. The van der Waals surface area contributed by atoms with Crippen molar-refractivity contribution in [3.63, 3.8) is 0 Å². The molecule has 11 heavy (non-hydrogen) atoms. The van der Waals surface area contributed by atoms with Crippen molar-refractivity contribution in [2.45, 2.75) is 19.5 Å². The Bertz CT molecular complexity index is 143.